The molecule has 108 valence electrons. The first-order chi connectivity index (χ1) is 9.29. The van der Waals surface area contributed by atoms with Crippen LogP contribution in [0.15, 0.2) is 30.3 Å². The first kappa shape index (κ1) is 16.7. The largest absolute Gasteiger partial charge is 0.385 e. The van der Waals surface area contributed by atoms with E-state index in [1.807, 2.05) is 0 Å². The lowest BCUT2D eigenvalue weighted by atomic mass is 9.77. The number of alkyl halides is 1. The summed E-state index contributed by atoms with van der Waals surface area (Å²) in [7, 11) is 1.72. The van der Waals surface area contributed by atoms with Gasteiger partial charge in [-0.15, -0.1) is 0 Å². The van der Waals surface area contributed by atoms with Gasteiger partial charge in [-0.1, -0.05) is 53.2 Å². The molecule has 0 N–H and O–H groups in total. The molecule has 1 atom stereocenters. The van der Waals surface area contributed by atoms with Gasteiger partial charge in [0.1, 0.15) is 0 Å². The van der Waals surface area contributed by atoms with E-state index in [4.69, 9.17) is 9.47 Å². The van der Waals surface area contributed by atoms with Crippen LogP contribution < -0.4 is 0 Å². The fraction of sp³-hybridized carbons (Fsp3) is 0.625. The summed E-state index contributed by atoms with van der Waals surface area (Å²) in [6.45, 7) is 4.61. The highest BCUT2D eigenvalue weighted by Gasteiger charge is 2.28. The lowest BCUT2D eigenvalue weighted by Crippen LogP contribution is -2.29. The summed E-state index contributed by atoms with van der Waals surface area (Å²) in [4.78, 5) is 0. The van der Waals surface area contributed by atoms with Gasteiger partial charge in [0.15, 0.2) is 0 Å². The van der Waals surface area contributed by atoms with Gasteiger partial charge < -0.3 is 9.47 Å². The lowest BCUT2D eigenvalue weighted by Gasteiger charge is -2.31. The fourth-order valence-electron chi connectivity index (χ4n) is 2.23. The number of hydrogen-bond donors (Lipinski definition) is 0. The molecule has 0 heterocycles. The molecule has 19 heavy (non-hydrogen) atoms. The molecule has 0 aliphatic rings. The Labute approximate surface area is 125 Å². The lowest BCUT2D eigenvalue weighted by molar-refractivity contribution is 0.0910. The smallest absolute Gasteiger partial charge is 0.0487 e. The molecule has 0 fully saturated rings. The van der Waals surface area contributed by atoms with E-state index in [9.17, 15) is 0 Å². The van der Waals surface area contributed by atoms with Gasteiger partial charge in [0.2, 0.25) is 0 Å². The molecule has 1 rings (SSSR count). The Balaban J connectivity index is 2.48. The molecule has 0 radical (unpaired) electrons. The Hall–Kier alpha value is -0.380. The quantitative estimate of drug-likeness (QED) is 0.474. The first-order valence-electron chi connectivity index (χ1n) is 6.97. The summed E-state index contributed by atoms with van der Waals surface area (Å²) in [5.74, 6) is 0. The summed E-state index contributed by atoms with van der Waals surface area (Å²) >= 11 is 3.69. The molecule has 0 saturated carbocycles. The first-order valence-corrected chi connectivity index (χ1v) is 8.09. The van der Waals surface area contributed by atoms with Crippen molar-refractivity contribution < 1.29 is 9.47 Å². The Morgan fingerprint density at radius 3 is 2.42 bits per heavy atom. The zero-order valence-electron chi connectivity index (χ0n) is 12.0. The van der Waals surface area contributed by atoms with E-state index in [-0.39, 0.29) is 5.41 Å². The third-order valence-corrected chi connectivity index (χ3v) is 4.75. The van der Waals surface area contributed by atoms with Gasteiger partial charge in [-0.05, 0) is 24.8 Å². The highest BCUT2D eigenvalue weighted by atomic mass is 79.9. The predicted molar refractivity (Wildman–Crippen MR) is 84.1 cm³/mol. The van der Waals surface area contributed by atoms with E-state index in [0.29, 0.717) is 0 Å². The molecule has 1 aromatic rings. The third-order valence-electron chi connectivity index (χ3n) is 3.68. The van der Waals surface area contributed by atoms with Crippen LogP contribution in [0.25, 0.3) is 0 Å². The van der Waals surface area contributed by atoms with E-state index < -0.39 is 0 Å². The van der Waals surface area contributed by atoms with Crippen molar-refractivity contribution in [2.24, 2.45) is 0 Å². The van der Waals surface area contributed by atoms with E-state index in [1.54, 1.807) is 7.11 Å². The molecule has 1 unspecified atom stereocenters. The maximum Gasteiger partial charge on any atom is 0.0487 e. The molecular formula is C16H25BrO2. The normalized spacial score (nSPS) is 14.3. The average molecular weight is 329 g/mol. The molecule has 0 spiro atoms. The highest BCUT2D eigenvalue weighted by molar-refractivity contribution is 9.09. The fourth-order valence-corrected chi connectivity index (χ4v) is 3.23. The zero-order valence-corrected chi connectivity index (χ0v) is 13.6. The van der Waals surface area contributed by atoms with Gasteiger partial charge >= 0.3 is 0 Å². The van der Waals surface area contributed by atoms with Gasteiger partial charge in [0.05, 0.1) is 0 Å². The van der Waals surface area contributed by atoms with Crippen LogP contribution in [0, 0.1) is 0 Å². The van der Waals surface area contributed by atoms with Crippen molar-refractivity contribution >= 4 is 15.9 Å². The van der Waals surface area contributed by atoms with Crippen LogP contribution in [0.5, 0.6) is 0 Å². The summed E-state index contributed by atoms with van der Waals surface area (Å²) in [5.41, 5.74) is 1.58. The number of benzene rings is 1. The van der Waals surface area contributed by atoms with E-state index in [1.165, 1.54) is 5.56 Å². The topological polar surface area (TPSA) is 18.5 Å². The van der Waals surface area contributed by atoms with E-state index in [0.717, 1.165) is 44.4 Å². The van der Waals surface area contributed by atoms with Crippen LogP contribution in [-0.4, -0.2) is 32.3 Å². The maximum absolute atomic E-state index is 5.72. The number of rotatable bonds is 10. The van der Waals surface area contributed by atoms with Crippen LogP contribution in [0.4, 0.5) is 0 Å². The Kier molecular flexibility index (Phi) is 8.35. The summed E-state index contributed by atoms with van der Waals surface area (Å²) in [5, 5.41) is 0.974. The van der Waals surface area contributed by atoms with Crippen molar-refractivity contribution in [2.45, 2.75) is 31.6 Å². The molecule has 2 nitrogen and oxygen atoms in total. The summed E-state index contributed by atoms with van der Waals surface area (Å²) in [6.07, 6.45) is 3.13. The minimum absolute atomic E-state index is 0.183. The third kappa shape index (κ3) is 5.25. The maximum atomic E-state index is 5.72. The Morgan fingerprint density at radius 2 is 1.84 bits per heavy atom. The van der Waals surface area contributed by atoms with Gasteiger partial charge in [0, 0.05) is 37.7 Å². The van der Waals surface area contributed by atoms with Crippen molar-refractivity contribution in [1.29, 1.82) is 0 Å². The van der Waals surface area contributed by atoms with E-state index in [2.05, 4.69) is 53.2 Å². The van der Waals surface area contributed by atoms with Crippen LogP contribution in [0.1, 0.15) is 31.7 Å². The number of methoxy groups -OCH3 is 1. The second-order valence-corrected chi connectivity index (χ2v) is 5.40. The number of hydrogen-bond acceptors (Lipinski definition) is 2. The monoisotopic (exact) mass is 328 g/mol. The minimum Gasteiger partial charge on any atom is -0.385 e. The van der Waals surface area contributed by atoms with Crippen molar-refractivity contribution in [1.82, 2.24) is 0 Å². The second-order valence-electron chi connectivity index (χ2n) is 4.84. The Morgan fingerprint density at radius 1 is 1.11 bits per heavy atom. The summed E-state index contributed by atoms with van der Waals surface area (Å²) < 4.78 is 10.7. The van der Waals surface area contributed by atoms with Gasteiger partial charge in [-0.3, -0.25) is 0 Å². The molecule has 3 heteroatoms. The SMILES string of the molecule is CCC(CBr)(CCOCCCOC)c1ccccc1. The molecule has 0 bridgehead atoms. The standard InChI is InChI=1S/C16H25BrO2/c1-3-16(14-17,15-8-5-4-6-9-15)10-13-19-12-7-11-18-2/h4-6,8-9H,3,7,10-14H2,1-2H3. The molecule has 0 saturated heterocycles. The Bertz CT molecular complexity index is 323. The van der Waals surface area contributed by atoms with Crippen LogP contribution >= 0.6 is 15.9 Å². The van der Waals surface area contributed by atoms with Crippen molar-refractivity contribution in [3.8, 4) is 0 Å². The molecular weight excluding hydrogens is 304 g/mol. The molecule has 0 amide bonds. The second kappa shape index (κ2) is 9.51. The van der Waals surface area contributed by atoms with Crippen LogP contribution in [0.3, 0.4) is 0 Å². The van der Waals surface area contributed by atoms with Gasteiger partial charge in [-0.2, -0.15) is 0 Å². The summed E-state index contributed by atoms with van der Waals surface area (Å²) in [6, 6.07) is 10.7. The minimum atomic E-state index is 0.183. The van der Waals surface area contributed by atoms with Crippen LogP contribution in [0.2, 0.25) is 0 Å². The number of ether oxygens (including phenoxy) is 2. The highest BCUT2D eigenvalue weighted by Crippen LogP contribution is 2.33. The molecule has 0 aromatic heterocycles. The predicted octanol–water partition coefficient (Wildman–Crippen LogP) is 4.17. The van der Waals surface area contributed by atoms with Gasteiger partial charge in [0.25, 0.3) is 0 Å². The van der Waals surface area contributed by atoms with Gasteiger partial charge in [-0.25, -0.2) is 0 Å². The molecule has 0 aliphatic heterocycles. The average Bonchev–Trinajstić information content (AvgIpc) is 2.48. The van der Waals surface area contributed by atoms with Crippen molar-refractivity contribution in [3.63, 3.8) is 0 Å². The molecule has 0 aliphatic carbocycles. The zero-order chi connectivity index (χ0) is 14.0. The van der Waals surface area contributed by atoms with Crippen LogP contribution in [-0.2, 0) is 14.9 Å². The number of halogens is 1. The van der Waals surface area contributed by atoms with E-state index >= 15 is 0 Å². The van der Waals surface area contributed by atoms with Crippen molar-refractivity contribution in [2.75, 3.05) is 32.3 Å². The molecule has 1 aromatic carbocycles. The van der Waals surface area contributed by atoms with Crippen molar-refractivity contribution in [3.05, 3.63) is 35.9 Å².